The van der Waals surface area contributed by atoms with Crippen LogP contribution in [0, 0.1) is 11.8 Å². The van der Waals surface area contributed by atoms with Gasteiger partial charge in [0.15, 0.2) is 0 Å². The van der Waals surface area contributed by atoms with Crippen molar-refractivity contribution in [2.45, 2.75) is 32.2 Å². The Morgan fingerprint density at radius 1 is 1.21 bits per heavy atom. The highest BCUT2D eigenvalue weighted by atomic mass is 16.5. The summed E-state index contributed by atoms with van der Waals surface area (Å²) >= 11 is 0. The van der Waals surface area contributed by atoms with E-state index in [1.165, 1.54) is 0 Å². The van der Waals surface area contributed by atoms with Crippen molar-refractivity contribution in [3.63, 3.8) is 0 Å². The number of rotatable bonds is 2. The van der Waals surface area contributed by atoms with Crippen LogP contribution in [0.2, 0.25) is 0 Å². The minimum Gasteiger partial charge on any atom is -0.480 e. The zero-order valence-corrected chi connectivity index (χ0v) is 11.5. The molecule has 2 aliphatic rings. The van der Waals surface area contributed by atoms with Gasteiger partial charge < -0.3 is 20.1 Å². The number of urea groups is 1. The molecular formula is C13H22N2O4. The van der Waals surface area contributed by atoms with Crippen LogP contribution in [0.1, 0.15) is 26.7 Å². The van der Waals surface area contributed by atoms with Gasteiger partial charge in [0, 0.05) is 39.1 Å². The summed E-state index contributed by atoms with van der Waals surface area (Å²) in [6.45, 7) is 6.36. The van der Waals surface area contributed by atoms with Crippen LogP contribution in [0.4, 0.5) is 4.79 Å². The molecule has 2 N–H and O–H groups in total. The summed E-state index contributed by atoms with van der Waals surface area (Å²) in [5.41, 5.74) is -1.16. The summed E-state index contributed by atoms with van der Waals surface area (Å²) in [4.78, 5) is 25.4. The summed E-state index contributed by atoms with van der Waals surface area (Å²) in [6.07, 6.45) is 0.653. The maximum absolute atomic E-state index is 12.2. The van der Waals surface area contributed by atoms with E-state index in [1.807, 2.05) is 0 Å². The van der Waals surface area contributed by atoms with Crippen LogP contribution in [0.15, 0.2) is 0 Å². The first-order chi connectivity index (χ1) is 8.94. The van der Waals surface area contributed by atoms with Gasteiger partial charge in [0.25, 0.3) is 0 Å². The number of nitrogens with one attached hydrogen (secondary N) is 1. The van der Waals surface area contributed by atoms with Crippen LogP contribution in [0.5, 0.6) is 0 Å². The van der Waals surface area contributed by atoms with Gasteiger partial charge in [-0.15, -0.1) is 0 Å². The molecule has 2 atom stereocenters. The molecule has 2 rings (SSSR count). The van der Waals surface area contributed by atoms with E-state index in [0.717, 1.165) is 0 Å². The second kappa shape index (κ2) is 5.36. The number of amides is 2. The van der Waals surface area contributed by atoms with Crippen molar-refractivity contribution in [3.8, 4) is 0 Å². The lowest BCUT2D eigenvalue weighted by atomic mass is 9.90. The van der Waals surface area contributed by atoms with Crippen molar-refractivity contribution < 1.29 is 19.4 Å². The average molecular weight is 270 g/mol. The van der Waals surface area contributed by atoms with Gasteiger partial charge in [0.05, 0.1) is 0 Å². The molecular weight excluding hydrogens is 248 g/mol. The van der Waals surface area contributed by atoms with Crippen LogP contribution < -0.4 is 5.32 Å². The fourth-order valence-corrected chi connectivity index (χ4v) is 2.69. The maximum atomic E-state index is 12.2. The summed E-state index contributed by atoms with van der Waals surface area (Å²) in [6, 6.07) is -0.263. The highest BCUT2D eigenvalue weighted by Crippen LogP contribution is 2.25. The molecule has 2 fully saturated rings. The van der Waals surface area contributed by atoms with Crippen LogP contribution in [-0.2, 0) is 9.53 Å². The third-order valence-corrected chi connectivity index (χ3v) is 4.38. The first kappa shape index (κ1) is 14.1. The predicted octanol–water partition coefficient (Wildman–Crippen LogP) is 0.918. The Morgan fingerprint density at radius 2 is 1.74 bits per heavy atom. The normalized spacial score (nSPS) is 30.1. The summed E-state index contributed by atoms with van der Waals surface area (Å²) in [5.74, 6) is -0.0492. The Balaban J connectivity index is 2.02. The van der Waals surface area contributed by atoms with Crippen LogP contribution in [-0.4, -0.2) is 53.8 Å². The predicted molar refractivity (Wildman–Crippen MR) is 68.9 cm³/mol. The third-order valence-electron chi connectivity index (χ3n) is 4.38. The Labute approximate surface area is 113 Å². The molecule has 2 saturated heterocycles. The molecule has 6 nitrogen and oxygen atoms in total. The number of hydrogen-bond acceptors (Lipinski definition) is 3. The Morgan fingerprint density at radius 3 is 2.21 bits per heavy atom. The molecule has 2 unspecified atom stereocenters. The number of carboxylic acids is 1. The van der Waals surface area contributed by atoms with E-state index < -0.39 is 11.5 Å². The largest absolute Gasteiger partial charge is 0.480 e. The standard InChI is InChI=1S/C13H22N2O4/c1-9-7-15(8-10(9)2)12(18)14-13(11(16)17)3-5-19-6-4-13/h9-10H,3-8H2,1-2H3,(H,14,18)(H,16,17). The molecule has 0 aromatic heterocycles. The summed E-state index contributed by atoms with van der Waals surface area (Å²) in [5, 5.41) is 12.1. The highest BCUT2D eigenvalue weighted by Gasteiger charge is 2.43. The fourth-order valence-electron chi connectivity index (χ4n) is 2.69. The summed E-state index contributed by atoms with van der Waals surface area (Å²) < 4.78 is 5.19. The molecule has 0 saturated carbocycles. The smallest absolute Gasteiger partial charge is 0.329 e. The number of nitrogens with zero attached hydrogens (tertiary/aromatic N) is 1. The lowest BCUT2D eigenvalue weighted by Crippen LogP contribution is -2.60. The lowest BCUT2D eigenvalue weighted by Gasteiger charge is -2.35. The SMILES string of the molecule is CC1CN(C(=O)NC2(C(=O)O)CCOCC2)CC1C. The van der Waals surface area contributed by atoms with Crippen molar-refractivity contribution >= 4 is 12.0 Å². The Kier molecular flexibility index (Phi) is 3.99. The molecule has 0 bridgehead atoms. The Bertz CT molecular complexity index is 356. The van der Waals surface area contributed by atoms with Gasteiger partial charge in [-0.3, -0.25) is 0 Å². The van der Waals surface area contributed by atoms with Crippen LogP contribution >= 0.6 is 0 Å². The number of carbonyl (C=O) groups excluding carboxylic acids is 1. The molecule has 0 spiro atoms. The van der Waals surface area contributed by atoms with Crippen molar-refractivity contribution in [3.05, 3.63) is 0 Å². The zero-order chi connectivity index (χ0) is 14.0. The number of carbonyl (C=O) groups is 2. The third kappa shape index (κ3) is 2.83. The molecule has 0 aromatic carbocycles. The molecule has 0 radical (unpaired) electrons. The zero-order valence-electron chi connectivity index (χ0n) is 11.5. The average Bonchev–Trinajstić information content (AvgIpc) is 2.71. The molecule has 2 heterocycles. The van der Waals surface area contributed by atoms with Crippen molar-refractivity contribution in [1.82, 2.24) is 10.2 Å². The van der Waals surface area contributed by atoms with Gasteiger partial charge in [-0.05, 0) is 11.8 Å². The number of carboxylic acid groups (broad SMARTS) is 1. The first-order valence-electron chi connectivity index (χ1n) is 6.83. The number of aliphatic carboxylic acids is 1. The van der Waals surface area contributed by atoms with E-state index in [2.05, 4.69) is 19.2 Å². The van der Waals surface area contributed by atoms with E-state index in [-0.39, 0.29) is 6.03 Å². The van der Waals surface area contributed by atoms with Gasteiger partial charge in [0.1, 0.15) is 5.54 Å². The minimum absolute atomic E-state index is 0.263. The van der Waals surface area contributed by atoms with E-state index >= 15 is 0 Å². The quantitative estimate of drug-likeness (QED) is 0.782. The van der Waals surface area contributed by atoms with Gasteiger partial charge in [-0.2, -0.15) is 0 Å². The monoisotopic (exact) mass is 270 g/mol. The molecule has 2 aliphatic heterocycles. The molecule has 0 aromatic rings. The first-order valence-corrected chi connectivity index (χ1v) is 6.83. The van der Waals surface area contributed by atoms with E-state index in [4.69, 9.17) is 4.74 Å². The molecule has 0 aliphatic carbocycles. The number of hydrogen-bond donors (Lipinski definition) is 2. The van der Waals surface area contributed by atoms with Crippen molar-refractivity contribution in [2.24, 2.45) is 11.8 Å². The maximum Gasteiger partial charge on any atom is 0.329 e. The molecule has 2 amide bonds. The van der Waals surface area contributed by atoms with Crippen LogP contribution in [0.3, 0.4) is 0 Å². The van der Waals surface area contributed by atoms with E-state index in [1.54, 1.807) is 4.90 Å². The number of ether oxygens (including phenoxy) is 1. The summed E-state index contributed by atoms with van der Waals surface area (Å²) in [7, 11) is 0. The molecule has 6 heteroatoms. The fraction of sp³-hybridized carbons (Fsp3) is 0.846. The molecule has 108 valence electrons. The van der Waals surface area contributed by atoms with Crippen LogP contribution in [0.25, 0.3) is 0 Å². The minimum atomic E-state index is -1.16. The van der Waals surface area contributed by atoms with Gasteiger partial charge in [0.2, 0.25) is 0 Å². The van der Waals surface area contributed by atoms with Gasteiger partial charge in [-0.1, -0.05) is 13.8 Å². The van der Waals surface area contributed by atoms with E-state index in [9.17, 15) is 14.7 Å². The molecule has 19 heavy (non-hydrogen) atoms. The number of likely N-dealkylation sites (tertiary alicyclic amines) is 1. The Hall–Kier alpha value is -1.30. The second-order valence-corrected chi connectivity index (χ2v) is 5.79. The topological polar surface area (TPSA) is 78.9 Å². The van der Waals surface area contributed by atoms with Crippen molar-refractivity contribution in [2.75, 3.05) is 26.3 Å². The lowest BCUT2D eigenvalue weighted by molar-refractivity contribution is -0.148. The van der Waals surface area contributed by atoms with Crippen molar-refractivity contribution in [1.29, 1.82) is 0 Å². The highest BCUT2D eigenvalue weighted by molar-refractivity contribution is 5.86. The van der Waals surface area contributed by atoms with E-state index in [0.29, 0.717) is 51.0 Å². The second-order valence-electron chi connectivity index (χ2n) is 5.79. The van der Waals surface area contributed by atoms with Gasteiger partial charge >= 0.3 is 12.0 Å². The van der Waals surface area contributed by atoms with Gasteiger partial charge in [-0.25, -0.2) is 9.59 Å².